The van der Waals surface area contributed by atoms with Crippen molar-refractivity contribution < 1.29 is 9.59 Å². The van der Waals surface area contributed by atoms with E-state index in [4.69, 9.17) is 0 Å². The van der Waals surface area contributed by atoms with Crippen molar-refractivity contribution in [3.05, 3.63) is 29.8 Å². The summed E-state index contributed by atoms with van der Waals surface area (Å²) in [6, 6.07) is 7.10. The first-order chi connectivity index (χ1) is 8.61. The van der Waals surface area contributed by atoms with E-state index in [1.54, 1.807) is 24.3 Å². The lowest BCUT2D eigenvalue weighted by Gasteiger charge is -2.26. The summed E-state index contributed by atoms with van der Waals surface area (Å²) in [5.41, 5.74) is 1.82. The molecule has 1 aromatic carbocycles. The Morgan fingerprint density at radius 2 is 1.89 bits per heavy atom. The SMILES string of the molecule is CC(=O)c1ccc(NC(=O)[C@H]2CC23CCC3)cc1. The minimum absolute atomic E-state index is 0.0449. The number of hydrogen-bond donors (Lipinski definition) is 1. The molecule has 0 heterocycles. The van der Waals surface area contributed by atoms with Gasteiger partial charge in [0.05, 0.1) is 0 Å². The predicted molar refractivity (Wildman–Crippen MR) is 69.5 cm³/mol. The van der Waals surface area contributed by atoms with Gasteiger partial charge in [-0.2, -0.15) is 0 Å². The molecule has 2 aliphatic carbocycles. The molecule has 0 unspecified atom stereocenters. The highest BCUT2D eigenvalue weighted by molar-refractivity contribution is 5.97. The van der Waals surface area contributed by atoms with Crippen LogP contribution in [0.2, 0.25) is 0 Å². The number of rotatable bonds is 3. The number of ketones is 1. The van der Waals surface area contributed by atoms with Crippen LogP contribution in [0.4, 0.5) is 5.69 Å². The van der Waals surface area contributed by atoms with E-state index in [1.807, 2.05) is 0 Å². The summed E-state index contributed by atoms with van der Waals surface area (Å²) in [6.45, 7) is 1.54. The molecule has 1 N–H and O–H groups in total. The molecule has 3 rings (SSSR count). The summed E-state index contributed by atoms with van der Waals surface area (Å²) >= 11 is 0. The number of anilines is 1. The Labute approximate surface area is 107 Å². The minimum atomic E-state index is 0.0449. The van der Waals surface area contributed by atoms with Crippen LogP contribution < -0.4 is 5.32 Å². The molecule has 0 bridgehead atoms. The Hall–Kier alpha value is -1.64. The van der Waals surface area contributed by atoms with Crippen molar-refractivity contribution in [2.45, 2.75) is 32.6 Å². The van der Waals surface area contributed by atoms with Gasteiger partial charge in [-0.05, 0) is 55.9 Å². The van der Waals surface area contributed by atoms with Crippen molar-refractivity contribution in [2.24, 2.45) is 11.3 Å². The predicted octanol–water partition coefficient (Wildman–Crippen LogP) is 3.02. The molecule has 3 heteroatoms. The van der Waals surface area contributed by atoms with Crippen LogP contribution in [0.5, 0.6) is 0 Å². The van der Waals surface area contributed by atoms with E-state index in [-0.39, 0.29) is 17.6 Å². The van der Waals surface area contributed by atoms with Crippen LogP contribution in [0.25, 0.3) is 0 Å². The summed E-state index contributed by atoms with van der Waals surface area (Å²) in [4.78, 5) is 23.2. The number of carbonyl (C=O) groups is 2. The van der Waals surface area contributed by atoms with Gasteiger partial charge in [-0.3, -0.25) is 9.59 Å². The lowest BCUT2D eigenvalue weighted by Crippen LogP contribution is -2.23. The Morgan fingerprint density at radius 3 is 2.33 bits per heavy atom. The van der Waals surface area contributed by atoms with Crippen LogP contribution in [0.15, 0.2) is 24.3 Å². The number of carbonyl (C=O) groups excluding carboxylic acids is 2. The molecule has 1 aromatic rings. The third-order valence-electron chi connectivity index (χ3n) is 4.41. The molecule has 2 saturated carbocycles. The molecule has 0 aromatic heterocycles. The molecule has 18 heavy (non-hydrogen) atoms. The third-order valence-corrected chi connectivity index (χ3v) is 4.41. The van der Waals surface area contributed by atoms with Crippen LogP contribution in [-0.4, -0.2) is 11.7 Å². The van der Waals surface area contributed by atoms with Crippen molar-refractivity contribution in [1.82, 2.24) is 0 Å². The first kappa shape index (κ1) is 11.5. The molecule has 0 saturated heterocycles. The van der Waals surface area contributed by atoms with Crippen molar-refractivity contribution >= 4 is 17.4 Å². The maximum atomic E-state index is 12.0. The monoisotopic (exact) mass is 243 g/mol. The second-order valence-corrected chi connectivity index (χ2v) is 5.60. The zero-order valence-electron chi connectivity index (χ0n) is 10.5. The maximum absolute atomic E-state index is 12.0. The molecule has 3 nitrogen and oxygen atoms in total. The van der Waals surface area contributed by atoms with Gasteiger partial charge in [-0.1, -0.05) is 6.42 Å². The summed E-state index contributed by atoms with van der Waals surface area (Å²) in [6.07, 6.45) is 4.77. The number of amides is 1. The van der Waals surface area contributed by atoms with E-state index in [0.29, 0.717) is 11.0 Å². The molecule has 94 valence electrons. The van der Waals surface area contributed by atoms with E-state index in [2.05, 4.69) is 5.32 Å². The topological polar surface area (TPSA) is 46.2 Å². The highest BCUT2D eigenvalue weighted by atomic mass is 16.2. The largest absolute Gasteiger partial charge is 0.326 e. The average Bonchev–Trinajstić information content (AvgIpc) is 3.05. The van der Waals surface area contributed by atoms with Crippen LogP contribution in [-0.2, 0) is 4.79 Å². The Balaban J connectivity index is 1.62. The third kappa shape index (κ3) is 1.84. The number of hydrogen-bond acceptors (Lipinski definition) is 2. The van der Waals surface area contributed by atoms with E-state index in [1.165, 1.54) is 26.2 Å². The van der Waals surface area contributed by atoms with Gasteiger partial charge in [-0.25, -0.2) is 0 Å². The molecule has 1 spiro atoms. The Kier molecular flexibility index (Phi) is 2.51. The molecular formula is C15H17NO2. The second-order valence-electron chi connectivity index (χ2n) is 5.60. The highest BCUT2D eigenvalue weighted by Crippen LogP contribution is 2.65. The van der Waals surface area contributed by atoms with Gasteiger partial charge in [0, 0.05) is 17.2 Å². The molecular weight excluding hydrogens is 226 g/mol. The molecule has 0 aliphatic heterocycles. The standard InChI is InChI=1S/C15H17NO2/c1-10(17)11-3-5-12(6-4-11)16-14(18)13-9-15(13)7-2-8-15/h3-6,13H,2,7-9H2,1H3,(H,16,18)/t13-/m1/s1. The van der Waals surface area contributed by atoms with Gasteiger partial charge in [0.15, 0.2) is 5.78 Å². The smallest absolute Gasteiger partial charge is 0.228 e. The highest BCUT2D eigenvalue weighted by Gasteiger charge is 2.60. The van der Waals surface area contributed by atoms with E-state index < -0.39 is 0 Å². The Morgan fingerprint density at radius 1 is 1.22 bits per heavy atom. The van der Waals surface area contributed by atoms with Crippen LogP contribution in [0, 0.1) is 11.3 Å². The minimum Gasteiger partial charge on any atom is -0.326 e. The first-order valence-corrected chi connectivity index (χ1v) is 6.53. The van der Waals surface area contributed by atoms with E-state index in [9.17, 15) is 9.59 Å². The summed E-state index contributed by atoms with van der Waals surface area (Å²) in [7, 11) is 0. The van der Waals surface area contributed by atoms with Gasteiger partial charge in [0.1, 0.15) is 0 Å². The van der Waals surface area contributed by atoms with Crippen molar-refractivity contribution in [2.75, 3.05) is 5.32 Å². The maximum Gasteiger partial charge on any atom is 0.228 e. The fourth-order valence-corrected chi connectivity index (χ4v) is 2.92. The summed E-state index contributed by atoms with van der Waals surface area (Å²) in [5, 5.41) is 2.94. The summed E-state index contributed by atoms with van der Waals surface area (Å²) < 4.78 is 0. The van der Waals surface area contributed by atoms with E-state index in [0.717, 1.165) is 12.1 Å². The lowest BCUT2D eigenvalue weighted by atomic mass is 9.79. The van der Waals surface area contributed by atoms with Gasteiger partial charge >= 0.3 is 0 Å². The lowest BCUT2D eigenvalue weighted by molar-refractivity contribution is -0.118. The van der Waals surface area contributed by atoms with Gasteiger partial charge in [0.25, 0.3) is 0 Å². The summed E-state index contributed by atoms with van der Waals surface area (Å²) in [5.74, 6) is 0.410. The number of Topliss-reactive ketones (excluding diaryl/α,β-unsaturated/α-hetero) is 1. The van der Waals surface area contributed by atoms with Crippen molar-refractivity contribution in [1.29, 1.82) is 0 Å². The average molecular weight is 243 g/mol. The number of nitrogens with one attached hydrogen (secondary N) is 1. The zero-order valence-corrected chi connectivity index (χ0v) is 10.5. The van der Waals surface area contributed by atoms with Crippen molar-refractivity contribution in [3.63, 3.8) is 0 Å². The molecule has 1 amide bonds. The Bertz CT molecular complexity index is 500. The molecule has 2 aliphatic rings. The second kappa shape index (κ2) is 3.94. The van der Waals surface area contributed by atoms with Gasteiger partial charge in [-0.15, -0.1) is 0 Å². The van der Waals surface area contributed by atoms with Crippen molar-refractivity contribution in [3.8, 4) is 0 Å². The quantitative estimate of drug-likeness (QED) is 0.829. The molecule has 1 atom stereocenters. The van der Waals surface area contributed by atoms with Gasteiger partial charge in [0.2, 0.25) is 5.91 Å². The number of benzene rings is 1. The van der Waals surface area contributed by atoms with E-state index >= 15 is 0 Å². The van der Waals surface area contributed by atoms with Crippen LogP contribution >= 0.6 is 0 Å². The zero-order chi connectivity index (χ0) is 12.8. The fraction of sp³-hybridized carbons (Fsp3) is 0.467. The van der Waals surface area contributed by atoms with Gasteiger partial charge < -0.3 is 5.32 Å². The molecule has 2 fully saturated rings. The molecule has 0 radical (unpaired) electrons. The van der Waals surface area contributed by atoms with Crippen LogP contribution in [0.1, 0.15) is 43.0 Å². The van der Waals surface area contributed by atoms with Crippen LogP contribution in [0.3, 0.4) is 0 Å². The first-order valence-electron chi connectivity index (χ1n) is 6.53. The normalized spacial score (nSPS) is 23.3. The fourth-order valence-electron chi connectivity index (χ4n) is 2.92.